The highest BCUT2D eigenvalue weighted by Crippen LogP contribution is 2.30. The number of aromatic nitrogens is 2. The lowest BCUT2D eigenvalue weighted by Crippen LogP contribution is -2.43. The van der Waals surface area contributed by atoms with Crippen LogP contribution in [0.1, 0.15) is 0 Å². The molecule has 0 N–H and O–H groups in total. The standard InChI is InChI=1S/C20H18FN3O4/c1-23(9-14-11-27-17-4-2-3-5-18(17)28-14)19(25)10-24-12-22-16-7-6-13(21)8-15(16)20(24)26/h2-8,12,14H,9-11H2,1H3. The lowest BCUT2D eigenvalue weighted by Gasteiger charge is -2.29. The second-order valence-corrected chi connectivity index (χ2v) is 6.61. The largest absolute Gasteiger partial charge is 0.486 e. The number of para-hydroxylation sites is 2. The van der Waals surface area contributed by atoms with Crippen LogP contribution < -0.4 is 15.0 Å². The Balaban J connectivity index is 1.44. The maximum atomic E-state index is 13.4. The van der Waals surface area contributed by atoms with Crippen LogP contribution in [0, 0.1) is 5.82 Å². The third kappa shape index (κ3) is 3.53. The van der Waals surface area contributed by atoms with Gasteiger partial charge in [-0.3, -0.25) is 14.2 Å². The molecule has 3 aromatic rings. The summed E-state index contributed by atoms with van der Waals surface area (Å²) in [5, 5.41) is 0.138. The van der Waals surface area contributed by atoms with E-state index in [0.29, 0.717) is 30.2 Å². The van der Waals surface area contributed by atoms with Gasteiger partial charge in [-0.25, -0.2) is 9.37 Å². The van der Waals surface area contributed by atoms with Crippen LogP contribution in [0.4, 0.5) is 4.39 Å². The lowest BCUT2D eigenvalue weighted by atomic mass is 10.2. The molecule has 0 saturated heterocycles. The molecule has 1 amide bonds. The summed E-state index contributed by atoms with van der Waals surface area (Å²) in [7, 11) is 1.63. The van der Waals surface area contributed by atoms with E-state index in [-0.39, 0.29) is 23.9 Å². The number of amides is 1. The van der Waals surface area contributed by atoms with Crippen LogP contribution in [-0.4, -0.2) is 46.7 Å². The second-order valence-electron chi connectivity index (χ2n) is 6.61. The molecule has 2 aromatic carbocycles. The summed E-state index contributed by atoms with van der Waals surface area (Å²) in [6, 6.07) is 11.1. The number of nitrogens with zero attached hydrogens (tertiary/aromatic N) is 3. The van der Waals surface area contributed by atoms with Crippen molar-refractivity contribution >= 4 is 16.8 Å². The summed E-state index contributed by atoms with van der Waals surface area (Å²) >= 11 is 0. The molecule has 0 bridgehead atoms. The van der Waals surface area contributed by atoms with Crippen molar-refractivity contribution in [3.05, 3.63) is 65.0 Å². The van der Waals surface area contributed by atoms with Crippen LogP contribution in [0.25, 0.3) is 10.9 Å². The summed E-state index contributed by atoms with van der Waals surface area (Å²) < 4.78 is 26.1. The fraction of sp³-hybridized carbons (Fsp3) is 0.250. The van der Waals surface area contributed by atoms with Gasteiger partial charge in [0.1, 0.15) is 19.0 Å². The van der Waals surface area contributed by atoms with Crippen LogP contribution in [0.3, 0.4) is 0 Å². The smallest absolute Gasteiger partial charge is 0.261 e. The average Bonchev–Trinajstić information content (AvgIpc) is 2.70. The first kappa shape index (κ1) is 18.0. The van der Waals surface area contributed by atoms with Crippen LogP contribution in [-0.2, 0) is 11.3 Å². The van der Waals surface area contributed by atoms with E-state index in [0.717, 1.165) is 6.07 Å². The zero-order valence-corrected chi connectivity index (χ0v) is 15.2. The molecule has 8 heteroatoms. The Kier molecular flexibility index (Phi) is 4.68. The summed E-state index contributed by atoms with van der Waals surface area (Å²) in [6.45, 7) is 0.432. The highest BCUT2D eigenvalue weighted by atomic mass is 19.1. The Morgan fingerprint density at radius 1 is 1.29 bits per heavy atom. The van der Waals surface area contributed by atoms with E-state index in [4.69, 9.17) is 9.47 Å². The minimum Gasteiger partial charge on any atom is -0.486 e. The lowest BCUT2D eigenvalue weighted by molar-refractivity contribution is -0.132. The maximum Gasteiger partial charge on any atom is 0.261 e. The molecule has 1 atom stereocenters. The van der Waals surface area contributed by atoms with Crippen LogP contribution >= 0.6 is 0 Å². The number of ether oxygens (including phenoxy) is 2. The first-order valence-electron chi connectivity index (χ1n) is 8.78. The minimum absolute atomic E-state index is 0.138. The van der Waals surface area contributed by atoms with Crippen LogP contribution in [0.15, 0.2) is 53.6 Å². The van der Waals surface area contributed by atoms with Crippen molar-refractivity contribution in [2.45, 2.75) is 12.6 Å². The van der Waals surface area contributed by atoms with Gasteiger partial charge in [-0.05, 0) is 30.3 Å². The quantitative estimate of drug-likeness (QED) is 0.687. The van der Waals surface area contributed by atoms with Gasteiger partial charge in [0.05, 0.1) is 23.8 Å². The van der Waals surface area contributed by atoms with E-state index >= 15 is 0 Å². The van der Waals surface area contributed by atoms with Crippen molar-refractivity contribution in [3.8, 4) is 11.5 Å². The fourth-order valence-electron chi connectivity index (χ4n) is 3.07. The van der Waals surface area contributed by atoms with Crippen molar-refractivity contribution in [3.63, 3.8) is 0 Å². The number of fused-ring (bicyclic) bond motifs is 2. The van der Waals surface area contributed by atoms with E-state index < -0.39 is 11.4 Å². The number of hydrogen-bond acceptors (Lipinski definition) is 5. The molecule has 1 aromatic heterocycles. The van der Waals surface area contributed by atoms with Crippen LogP contribution in [0.5, 0.6) is 11.5 Å². The van der Waals surface area contributed by atoms with Gasteiger partial charge in [0.15, 0.2) is 17.6 Å². The van der Waals surface area contributed by atoms with E-state index in [1.54, 1.807) is 7.05 Å². The Morgan fingerprint density at radius 2 is 2.07 bits per heavy atom. The molecule has 1 aliphatic heterocycles. The molecule has 0 spiro atoms. The highest BCUT2D eigenvalue weighted by molar-refractivity contribution is 5.79. The molecule has 0 saturated carbocycles. The van der Waals surface area contributed by atoms with Crippen molar-refractivity contribution in [1.29, 1.82) is 0 Å². The third-order valence-electron chi connectivity index (χ3n) is 4.56. The van der Waals surface area contributed by atoms with Crippen molar-refractivity contribution in [1.82, 2.24) is 14.5 Å². The zero-order valence-electron chi connectivity index (χ0n) is 15.2. The van der Waals surface area contributed by atoms with Gasteiger partial charge in [0.2, 0.25) is 5.91 Å². The van der Waals surface area contributed by atoms with Gasteiger partial charge in [0.25, 0.3) is 5.56 Å². The van der Waals surface area contributed by atoms with Crippen LogP contribution in [0.2, 0.25) is 0 Å². The summed E-state index contributed by atoms with van der Waals surface area (Å²) in [4.78, 5) is 30.7. The molecule has 144 valence electrons. The third-order valence-corrected chi connectivity index (χ3v) is 4.56. The minimum atomic E-state index is -0.526. The van der Waals surface area contributed by atoms with E-state index in [1.165, 1.54) is 27.9 Å². The fourth-order valence-corrected chi connectivity index (χ4v) is 3.07. The normalized spacial score (nSPS) is 15.4. The number of carbonyl (C=O) groups is 1. The predicted molar refractivity (Wildman–Crippen MR) is 100.0 cm³/mol. The number of hydrogen-bond donors (Lipinski definition) is 0. The molecular formula is C20H18FN3O4. The number of halogens is 1. The SMILES string of the molecule is CN(CC1COc2ccccc2O1)C(=O)Cn1cnc2ccc(F)cc2c1=O. The van der Waals surface area contributed by atoms with Gasteiger partial charge in [0, 0.05) is 7.05 Å². The Labute approximate surface area is 159 Å². The van der Waals surface area contributed by atoms with E-state index in [2.05, 4.69) is 4.98 Å². The Bertz CT molecular complexity index is 1100. The molecule has 28 heavy (non-hydrogen) atoms. The Hall–Kier alpha value is -3.42. The summed E-state index contributed by atoms with van der Waals surface area (Å²) in [6.07, 6.45) is 0.981. The average molecular weight is 383 g/mol. The first-order chi connectivity index (χ1) is 13.5. The molecule has 7 nitrogen and oxygen atoms in total. The number of benzene rings is 2. The molecule has 1 unspecified atom stereocenters. The van der Waals surface area contributed by atoms with Gasteiger partial charge in [-0.1, -0.05) is 12.1 Å². The van der Waals surface area contributed by atoms with Crippen molar-refractivity contribution in [2.75, 3.05) is 20.2 Å². The summed E-state index contributed by atoms with van der Waals surface area (Å²) in [5.41, 5.74) is -0.0766. The molecule has 0 fully saturated rings. The molecule has 2 heterocycles. The number of carbonyl (C=O) groups excluding carboxylic acids is 1. The maximum absolute atomic E-state index is 13.4. The van der Waals surface area contributed by atoms with Gasteiger partial charge < -0.3 is 14.4 Å². The van der Waals surface area contributed by atoms with Crippen molar-refractivity contribution < 1.29 is 18.7 Å². The molecule has 4 rings (SSSR count). The van der Waals surface area contributed by atoms with E-state index in [9.17, 15) is 14.0 Å². The van der Waals surface area contributed by atoms with E-state index in [1.807, 2.05) is 24.3 Å². The highest BCUT2D eigenvalue weighted by Gasteiger charge is 2.24. The number of rotatable bonds is 4. The zero-order chi connectivity index (χ0) is 19.7. The van der Waals surface area contributed by atoms with Gasteiger partial charge in [-0.2, -0.15) is 0 Å². The predicted octanol–water partition coefficient (Wildman–Crippen LogP) is 1.83. The molecule has 0 radical (unpaired) electrons. The molecular weight excluding hydrogens is 365 g/mol. The monoisotopic (exact) mass is 383 g/mol. The van der Waals surface area contributed by atoms with Gasteiger partial charge in [-0.15, -0.1) is 0 Å². The van der Waals surface area contributed by atoms with Gasteiger partial charge >= 0.3 is 0 Å². The Morgan fingerprint density at radius 3 is 2.89 bits per heavy atom. The first-order valence-corrected chi connectivity index (χ1v) is 8.78. The summed E-state index contributed by atoms with van der Waals surface area (Å²) in [5.74, 6) is 0.495. The topological polar surface area (TPSA) is 73.7 Å². The molecule has 1 aliphatic rings. The number of likely N-dealkylation sites (N-methyl/N-ethyl adjacent to an activating group) is 1. The van der Waals surface area contributed by atoms with Crippen molar-refractivity contribution in [2.24, 2.45) is 0 Å². The second kappa shape index (κ2) is 7.30. The molecule has 0 aliphatic carbocycles.